The van der Waals surface area contributed by atoms with Crippen LogP contribution < -0.4 is 20.1 Å². The zero-order chi connectivity index (χ0) is 22.9. The average molecular weight is 442 g/mol. The van der Waals surface area contributed by atoms with Crippen molar-refractivity contribution in [1.82, 2.24) is 9.78 Å². The van der Waals surface area contributed by atoms with E-state index in [0.717, 1.165) is 21.9 Å². The standard InChI is InChI=1S/C25H22N4O4/c1-32-21-11-10-16(12-22(21)33-2)18-14-26-29-20(25(31)28-24(18)29)13-23(30)27-19-9-5-7-15-6-3-4-8-17(15)19/h3-12,14,20H,13H2,1-2H3,(H,27,30)(H,28,31). The number of rotatable bonds is 6. The zero-order valence-corrected chi connectivity index (χ0v) is 18.2. The molecule has 0 bridgehead atoms. The summed E-state index contributed by atoms with van der Waals surface area (Å²) in [6.45, 7) is 0. The van der Waals surface area contributed by atoms with E-state index in [4.69, 9.17) is 9.47 Å². The fourth-order valence-electron chi connectivity index (χ4n) is 4.14. The molecule has 1 aromatic heterocycles. The van der Waals surface area contributed by atoms with Crippen LogP contribution in [-0.2, 0) is 9.59 Å². The molecule has 0 saturated heterocycles. The molecule has 1 unspecified atom stereocenters. The summed E-state index contributed by atoms with van der Waals surface area (Å²) in [5.74, 6) is 1.20. The van der Waals surface area contributed by atoms with Gasteiger partial charge in [-0.3, -0.25) is 9.59 Å². The molecule has 0 saturated carbocycles. The van der Waals surface area contributed by atoms with Crippen LogP contribution in [0.15, 0.2) is 66.9 Å². The molecule has 2 heterocycles. The Labute approximate surface area is 190 Å². The van der Waals surface area contributed by atoms with Crippen molar-refractivity contribution in [3.05, 3.63) is 66.9 Å². The van der Waals surface area contributed by atoms with Gasteiger partial charge in [-0.25, -0.2) is 4.68 Å². The number of hydrogen-bond donors (Lipinski definition) is 2. The van der Waals surface area contributed by atoms with Gasteiger partial charge in [-0.05, 0) is 29.1 Å². The van der Waals surface area contributed by atoms with Crippen LogP contribution in [0.4, 0.5) is 11.5 Å². The SMILES string of the molecule is COc1ccc(-c2cnn3c2NC(=O)C3CC(=O)Nc2cccc3ccccc23)cc1OC. The van der Waals surface area contributed by atoms with Gasteiger partial charge >= 0.3 is 0 Å². The number of nitrogens with one attached hydrogen (secondary N) is 2. The highest BCUT2D eigenvalue weighted by Crippen LogP contribution is 2.39. The molecule has 1 aliphatic rings. The van der Waals surface area contributed by atoms with Gasteiger partial charge in [0.25, 0.3) is 5.91 Å². The zero-order valence-electron chi connectivity index (χ0n) is 18.2. The average Bonchev–Trinajstić information content (AvgIpc) is 3.38. The van der Waals surface area contributed by atoms with Crippen molar-refractivity contribution >= 4 is 34.1 Å². The fourth-order valence-corrected chi connectivity index (χ4v) is 4.14. The first-order valence-corrected chi connectivity index (χ1v) is 10.5. The van der Waals surface area contributed by atoms with E-state index in [1.165, 1.54) is 0 Å². The summed E-state index contributed by atoms with van der Waals surface area (Å²) in [7, 11) is 3.14. The second kappa shape index (κ2) is 8.31. The summed E-state index contributed by atoms with van der Waals surface area (Å²) in [4.78, 5) is 25.5. The summed E-state index contributed by atoms with van der Waals surface area (Å²) >= 11 is 0. The molecule has 166 valence electrons. The lowest BCUT2D eigenvalue weighted by atomic mass is 10.1. The van der Waals surface area contributed by atoms with Crippen molar-refractivity contribution in [1.29, 1.82) is 0 Å². The van der Waals surface area contributed by atoms with Gasteiger partial charge in [-0.2, -0.15) is 5.10 Å². The summed E-state index contributed by atoms with van der Waals surface area (Å²) in [6.07, 6.45) is 1.64. The molecule has 4 aromatic rings. The first kappa shape index (κ1) is 20.6. The van der Waals surface area contributed by atoms with Gasteiger partial charge in [-0.15, -0.1) is 0 Å². The number of amides is 2. The van der Waals surface area contributed by atoms with Crippen molar-refractivity contribution in [2.24, 2.45) is 0 Å². The fraction of sp³-hybridized carbons (Fsp3) is 0.160. The largest absolute Gasteiger partial charge is 0.493 e. The van der Waals surface area contributed by atoms with Crippen LogP contribution in [0.3, 0.4) is 0 Å². The predicted octanol–water partition coefficient (Wildman–Crippen LogP) is 4.24. The molecule has 8 heteroatoms. The maximum atomic E-state index is 12.8. The van der Waals surface area contributed by atoms with Crippen molar-refractivity contribution in [2.75, 3.05) is 24.9 Å². The van der Waals surface area contributed by atoms with E-state index >= 15 is 0 Å². The van der Waals surface area contributed by atoms with Crippen molar-refractivity contribution in [3.8, 4) is 22.6 Å². The lowest BCUT2D eigenvalue weighted by Crippen LogP contribution is -2.23. The van der Waals surface area contributed by atoms with Crippen molar-refractivity contribution in [2.45, 2.75) is 12.5 Å². The third-order valence-electron chi connectivity index (χ3n) is 5.77. The van der Waals surface area contributed by atoms with Gasteiger partial charge in [0.05, 0.1) is 26.8 Å². The van der Waals surface area contributed by atoms with E-state index in [9.17, 15) is 9.59 Å². The Balaban J connectivity index is 1.39. The maximum Gasteiger partial charge on any atom is 0.251 e. The summed E-state index contributed by atoms with van der Waals surface area (Å²) < 4.78 is 12.2. The lowest BCUT2D eigenvalue weighted by molar-refractivity contribution is -0.123. The van der Waals surface area contributed by atoms with Crippen LogP contribution in [-0.4, -0.2) is 35.8 Å². The highest BCUT2D eigenvalue weighted by atomic mass is 16.5. The quantitative estimate of drug-likeness (QED) is 0.466. The topological polar surface area (TPSA) is 94.5 Å². The lowest BCUT2D eigenvalue weighted by Gasteiger charge is -2.11. The number of anilines is 2. The molecule has 0 spiro atoms. The summed E-state index contributed by atoms with van der Waals surface area (Å²) in [6, 6.07) is 18.3. The normalized spacial score (nSPS) is 14.6. The predicted molar refractivity (Wildman–Crippen MR) is 126 cm³/mol. The minimum absolute atomic E-state index is 0.0326. The number of carbonyl (C=O) groups excluding carboxylic acids is 2. The molecule has 0 aliphatic carbocycles. The highest BCUT2D eigenvalue weighted by Gasteiger charge is 2.35. The number of aromatic nitrogens is 2. The van der Waals surface area contributed by atoms with Gasteiger partial charge in [0.2, 0.25) is 5.91 Å². The molecule has 0 fully saturated rings. The van der Waals surface area contributed by atoms with Crippen LogP contribution >= 0.6 is 0 Å². The Morgan fingerprint density at radius 1 is 1.06 bits per heavy atom. The van der Waals surface area contributed by atoms with Gasteiger partial charge in [0, 0.05) is 16.6 Å². The minimum Gasteiger partial charge on any atom is -0.493 e. The Kier molecular flexibility index (Phi) is 5.18. The molecular formula is C25H22N4O4. The number of ether oxygens (including phenoxy) is 2. The molecule has 3 aromatic carbocycles. The first-order valence-electron chi connectivity index (χ1n) is 10.5. The van der Waals surface area contributed by atoms with Crippen LogP contribution in [0.2, 0.25) is 0 Å². The first-order chi connectivity index (χ1) is 16.1. The summed E-state index contributed by atoms with van der Waals surface area (Å²) in [5, 5.41) is 12.2. The second-order valence-corrected chi connectivity index (χ2v) is 7.71. The van der Waals surface area contributed by atoms with Gasteiger partial charge in [0.1, 0.15) is 11.9 Å². The summed E-state index contributed by atoms with van der Waals surface area (Å²) in [5.41, 5.74) is 2.26. The number of hydrogen-bond acceptors (Lipinski definition) is 5. The number of carbonyl (C=O) groups is 2. The third-order valence-corrected chi connectivity index (χ3v) is 5.77. The Morgan fingerprint density at radius 3 is 2.67 bits per heavy atom. The number of nitrogens with zero attached hydrogens (tertiary/aromatic N) is 2. The molecule has 1 atom stereocenters. The molecular weight excluding hydrogens is 420 g/mol. The molecule has 2 N–H and O–H groups in total. The van der Waals surface area contributed by atoms with Crippen molar-refractivity contribution in [3.63, 3.8) is 0 Å². The van der Waals surface area contributed by atoms with E-state index in [0.29, 0.717) is 23.0 Å². The number of benzene rings is 3. The Morgan fingerprint density at radius 2 is 1.85 bits per heavy atom. The molecule has 8 nitrogen and oxygen atoms in total. The van der Waals surface area contributed by atoms with E-state index < -0.39 is 6.04 Å². The van der Waals surface area contributed by atoms with Crippen LogP contribution in [0.5, 0.6) is 11.5 Å². The van der Waals surface area contributed by atoms with Crippen LogP contribution in [0.25, 0.3) is 21.9 Å². The molecule has 1 aliphatic heterocycles. The van der Waals surface area contributed by atoms with E-state index in [1.54, 1.807) is 31.2 Å². The maximum absolute atomic E-state index is 12.8. The highest BCUT2D eigenvalue weighted by molar-refractivity contribution is 6.06. The van der Waals surface area contributed by atoms with E-state index in [1.807, 2.05) is 54.6 Å². The number of fused-ring (bicyclic) bond motifs is 2. The minimum atomic E-state index is -0.733. The van der Waals surface area contributed by atoms with Gasteiger partial charge in [0.15, 0.2) is 11.5 Å². The van der Waals surface area contributed by atoms with Crippen LogP contribution in [0.1, 0.15) is 12.5 Å². The Hall–Kier alpha value is -4.33. The van der Waals surface area contributed by atoms with Gasteiger partial charge in [-0.1, -0.05) is 42.5 Å². The monoisotopic (exact) mass is 442 g/mol. The van der Waals surface area contributed by atoms with Gasteiger partial charge < -0.3 is 20.1 Å². The molecule has 0 radical (unpaired) electrons. The van der Waals surface area contributed by atoms with E-state index in [2.05, 4.69) is 15.7 Å². The Bertz CT molecular complexity index is 1370. The number of methoxy groups -OCH3 is 2. The molecule has 5 rings (SSSR count). The van der Waals surface area contributed by atoms with Crippen molar-refractivity contribution < 1.29 is 19.1 Å². The third kappa shape index (κ3) is 3.65. The van der Waals surface area contributed by atoms with E-state index in [-0.39, 0.29) is 18.2 Å². The van der Waals surface area contributed by atoms with Crippen LogP contribution in [0, 0.1) is 0 Å². The smallest absolute Gasteiger partial charge is 0.251 e. The second-order valence-electron chi connectivity index (χ2n) is 7.71. The molecule has 2 amide bonds. The molecule has 33 heavy (non-hydrogen) atoms.